The van der Waals surface area contributed by atoms with Crippen molar-refractivity contribution in [3.8, 4) is 0 Å². The molecule has 1 aliphatic heterocycles. The van der Waals surface area contributed by atoms with E-state index in [1.807, 2.05) is 19.9 Å². The maximum Gasteiger partial charge on any atom is 0.247 e. The largest absolute Gasteiger partial charge is 0.366 e. The van der Waals surface area contributed by atoms with Gasteiger partial charge in [-0.3, -0.25) is 14.6 Å². The molecule has 2 aromatic rings. The van der Waals surface area contributed by atoms with Gasteiger partial charge in [-0.05, 0) is 19.9 Å². The molecule has 1 aliphatic rings. The quantitative estimate of drug-likeness (QED) is 0.887. The second kappa shape index (κ2) is 5.65. The van der Waals surface area contributed by atoms with Crippen molar-refractivity contribution in [3.63, 3.8) is 0 Å². The van der Waals surface area contributed by atoms with Gasteiger partial charge in [0, 0.05) is 18.9 Å². The van der Waals surface area contributed by atoms with Crippen molar-refractivity contribution in [1.82, 2.24) is 29.9 Å². The highest BCUT2D eigenvalue weighted by molar-refractivity contribution is 5.80. The average Bonchev–Trinajstić information content (AvgIpc) is 3.17. The Morgan fingerprint density at radius 1 is 1.57 bits per heavy atom. The number of morpholine rings is 1. The summed E-state index contributed by atoms with van der Waals surface area (Å²) in [6.45, 7) is 5.20. The van der Waals surface area contributed by atoms with Crippen LogP contribution in [-0.2, 0) is 9.53 Å². The maximum absolute atomic E-state index is 12.5. The first kappa shape index (κ1) is 13.7. The molecule has 0 saturated carbocycles. The molecule has 8 heteroatoms. The lowest BCUT2D eigenvalue weighted by Crippen LogP contribution is -2.45. The molecule has 0 aliphatic carbocycles. The predicted octanol–water partition coefficient (Wildman–Crippen LogP) is 0.471. The number of hydrogen-bond acceptors (Lipinski definition) is 5. The van der Waals surface area contributed by atoms with Gasteiger partial charge in [-0.1, -0.05) is 0 Å². The second-order valence-corrected chi connectivity index (χ2v) is 5.08. The van der Waals surface area contributed by atoms with Crippen LogP contribution >= 0.6 is 0 Å². The third-order valence-corrected chi connectivity index (χ3v) is 3.56. The lowest BCUT2D eigenvalue weighted by atomic mass is 10.2. The van der Waals surface area contributed by atoms with Gasteiger partial charge in [0.05, 0.1) is 13.2 Å². The number of amides is 1. The van der Waals surface area contributed by atoms with Crippen LogP contribution in [0.2, 0.25) is 0 Å². The number of aryl methyl sites for hydroxylation is 1. The van der Waals surface area contributed by atoms with Crippen LogP contribution in [0.25, 0.3) is 0 Å². The van der Waals surface area contributed by atoms with E-state index in [0.29, 0.717) is 25.5 Å². The minimum Gasteiger partial charge on any atom is -0.366 e. The summed E-state index contributed by atoms with van der Waals surface area (Å²) in [6, 6.07) is 1.48. The molecule has 112 valence electrons. The number of ether oxygens (including phenoxy) is 1. The topological polar surface area (TPSA) is 88.9 Å². The maximum atomic E-state index is 12.5. The van der Waals surface area contributed by atoms with Crippen LogP contribution in [0.1, 0.15) is 30.7 Å². The van der Waals surface area contributed by atoms with Gasteiger partial charge in [-0.25, -0.2) is 4.98 Å². The van der Waals surface area contributed by atoms with Crippen molar-refractivity contribution in [2.24, 2.45) is 0 Å². The molecule has 8 nitrogen and oxygen atoms in total. The third kappa shape index (κ3) is 2.80. The van der Waals surface area contributed by atoms with E-state index in [-0.39, 0.29) is 18.1 Å². The minimum atomic E-state index is -0.326. The number of H-pyrrole nitrogens is 1. The van der Waals surface area contributed by atoms with Crippen LogP contribution in [0.3, 0.4) is 0 Å². The number of aromatic amines is 1. The lowest BCUT2D eigenvalue weighted by Gasteiger charge is -2.33. The summed E-state index contributed by atoms with van der Waals surface area (Å²) in [7, 11) is 0. The van der Waals surface area contributed by atoms with Gasteiger partial charge in [-0.15, -0.1) is 0 Å². The van der Waals surface area contributed by atoms with Gasteiger partial charge in [0.25, 0.3) is 0 Å². The molecule has 1 saturated heterocycles. The molecule has 0 spiro atoms. The fraction of sp³-hybridized carbons (Fsp3) is 0.538. The molecule has 1 fully saturated rings. The van der Waals surface area contributed by atoms with Crippen molar-refractivity contribution in [2.75, 3.05) is 19.7 Å². The Balaban J connectivity index is 1.69. The van der Waals surface area contributed by atoms with E-state index in [2.05, 4.69) is 20.3 Å². The van der Waals surface area contributed by atoms with E-state index >= 15 is 0 Å². The molecular weight excluding hydrogens is 272 g/mol. The highest BCUT2D eigenvalue weighted by atomic mass is 16.5. The van der Waals surface area contributed by atoms with E-state index in [1.54, 1.807) is 22.0 Å². The summed E-state index contributed by atoms with van der Waals surface area (Å²) in [5.41, 5.74) is 0. The Hall–Kier alpha value is -2.22. The average molecular weight is 290 g/mol. The molecule has 0 radical (unpaired) electrons. The Bertz CT molecular complexity index is 608. The number of nitrogens with zero attached hydrogens (tertiary/aromatic N) is 5. The van der Waals surface area contributed by atoms with E-state index < -0.39 is 0 Å². The Labute approximate surface area is 122 Å². The van der Waals surface area contributed by atoms with Gasteiger partial charge in [-0.2, -0.15) is 10.2 Å². The molecule has 1 N–H and O–H groups in total. The van der Waals surface area contributed by atoms with Crippen LogP contribution in [0.15, 0.2) is 18.5 Å². The Morgan fingerprint density at radius 3 is 3.10 bits per heavy atom. The van der Waals surface area contributed by atoms with Gasteiger partial charge < -0.3 is 9.64 Å². The van der Waals surface area contributed by atoms with Crippen LogP contribution in [0.5, 0.6) is 0 Å². The smallest absolute Gasteiger partial charge is 0.247 e. The molecule has 1 amide bonds. The van der Waals surface area contributed by atoms with Gasteiger partial charge in [0.2, 0.25) is 5.91 Å². The molecule has 3 heterocycles. The molecule has 21 heavy (non-hydrogen) atoms. The zero-order valence-electron chi connectivity index (χ0n) is 12.1. The molecule has 0 bridgehead atoms. The highest BCUT2D eigenvalue weighted by Gasteiger charge is 2.30. The molecular formula is C13H18N6O2. The summed E-state index contributed by atoms with van der Waals surface area (Å²) >= 11 is 0. The van der Waals surface area contributed by atoms with Crippen molar-refractivity contribution >= 4 is 5.91 Å². The molecule has 2 atom stereocenters. The van der Waals surface area contributed by atoms with Gasteiger partial charge >= 0.3 is 0 Å². The third-order valence-electron chi connectivity index (χ3n) is 3.56. The number of carbonyl (C=O) groups is 1. The standard InChI is InChI=1S/C13H18N6O2/c1-9(19-5-3-4-14-19)13(20)18-6-7-21-11(8-18)12-15-10(2)16-17-12/h3-5,9,11H,6-8H2,1-2H3,(H,15,16,17)/t9-,11-/m1/s1. The lowest BCUT2D eigenvalue weighted by molar-refractivity contribution is -0.142. The fourth-order valence-electron chi connectivity index (χ4n) is 2.40. The summed E-state index contributed by atoms with van der Waals surface area (Å²) in [4.78, 5) is 18.6. The zero-order chi connectivity index (χ0) is 14.8. The Kier molecular flexibility index (Phi) is 3.70. The van der Waals surface area contributed by atoms with Crippen LogP contribution in [0.4, 0.5) is 0 Å². The summed E-state index contributed by atoms with van der Waals surface area (Å²) in [6.07, 6.45) is 3.18. The molecule has 0 aromatic carbocycles. The molecule has 0 unspecified atom stereocenters. The minimum absolute atomic E-state index is 0.0271. The number of aromatic nitrogens is 5. The SMILES string of the molecule is Cc1nc([C@H]2CN(C(=O)[C@@H](C)n3cccn3)CCO2)n[nH]1. The monoisotopic (exact) mass is 290 g/mol. The van der Waals surface area contributed by atoms with Crippen LogP contribution < -0.4 is 0 Å². The first-order valence-electron chi connectivity index (χ1n) is 6.93. The van der Waals surface area contributed by atoms with E-state index in [9.17, 15) is 4.79 Å². The van der Waals surface area contributed by atoms with E-state index in [4.69, 9.17) is 4.74 Å². The molecule has 3 rings (SSSR count). The predicted molar refractivity (Wildman–Crippen MR) is 73.3 cm³/mol. The van der Waals surface area contributed by atoms with Gasteiger partial charge in [0.15, 0.2) is 5.82 Å². The van der Waals surface area contributed by atoms with Crippen molar-refractivity contribution in [3.05, 3.63) is 30.1 Å². The summed E-state index contributed by atoms with van der Waals surface area (Å²) in [5.74, 6) is 1.36. The summed E-state index contributed by atoms with van der Waals surface area (Å²) in [5, 5.41) is 11.0. The number of hydrogen-bond donors (Lipinski definition) is 1. The fourth-order valence-corrected chi connectivity index (χ4v) is 2.40. The Morgan fingerprint density at radius 2 is 2.43 bits per heavy atom. The number of rotatable bonds is 3. The number of nitrogens with one attached hydrogen (secondary N) is 1. The van der Waals surface area contributed by atoms with Crippen LogP contribution in [0, 0.1) is 6.92 Å². The zero-order valence-corrected chi connectivity index (χ0v) is 12.1. The first-order valence-corrected chi connectivity index (χ1v) is 6.93. The van der Waals surface area contributed by atoms with Crippen molar-refractivity contribution < 1.29 is 9.53 Å². The van der Waals surface area contributed by atoms with Crippen molar-refractivity contribution in [2.45, 2.75) is 26.0 Å². The first-order chi connectivity index (χ1) is 10.1. The highest BCUT2D eigenvalue weighted by Crippen LogP contribution is 2.21. The van der Waals surface area contributed by atoms with Crippen LogP contribution in [-0.4, -0.2) is 55.5 Å². The summed E-state index contributed by atoms with van der Waals surface area (Å²) < 4.78 is 7.32. The van der Waals surface area contributed by atoms with Gasteiger partial charge in [0.1, 0.15) is 18.0 Å². The second-order valence-electron chi connectivity index (χ2n) is 5.08. The normalized spacial score (nSPS) is 20.5. The van der Waals surface area contributed by atoms with Crippen molar-refractivity contribution in [1.29, 1.82) is 0 Å². The molecule has 2 aromatic heterocycles. The number of carbonyl (C=O) groups excluding carboxylic acids is 1. The van der Waals surface area contributed by atoms with E-state index in [0.717, 1.165) is 5.82 Å². The van der Waals surface area contributed by atoms with E-state index in [1.165, 1.54) is 0 Å².